The maximum atomic E-state index is 12.4. The van der Waals surface area contributed by atoms with Crippen molar-refractivity contribution in [3.63, 3.8) is 0 Å². The average molecular weight is 368 g/mol. The van der Waals surface area contributed by atoms with Crippen molar-refractivity contribution in [3.8, 4) is 23.1 Å². The Morgan fingerprint density at radius 3 is 2.78 bits per heavy atom. The molecule has 3 aromatic rings. The lowest BCUT2D eigenvalue weighted by Crippen LogP contribution is -2.01. The molecule has 0 radical (unpaired) electrons. The van der Waals surface area contributed by atoms with Gasteiger partial charge in [0, 0.05) is 22.4 Å². The van der Waals surface area contributed by atoms with Gasteiger partial charge in [0.1, 0.15) is 11.4 Å². The normalized spacial score (nSPS) is 14.5. The maximum absolute atomic E-state index is 12.4. The molecular formula is C20H14F2N2O3. The minimum Gasteiger partial charge on any atom is -0.479 e. The first kappa shape index (κ1) is 17.0. The van der Waals surface area contributed by atoms with Crippen LogP contribution in [0.4, 0.5) is 14.5 Å². The van der Waals surface area contributed by atoms with Gasteiger partial charge in [-0.15, -0.1) is 0 Å². The van der Waals surface area contributed by atoms with Crippen LogP contribution in [0.15, 0.2) is 57.9 Å². The number of ether oxygens (including phenoxy) is 1. The number of rotatable bonds is 4. The molecule has 0 spiro atoms. The van der Waals surface area contributed by atoms with Crippen LogP contribution in [0.2, 0.25) is 0 Å². The van der Waals surface area contributed by atoms with E-state index in [4.69, 9.17) is 4.42 Å². The molecule has 1 aromatic heterocycles. The van der Waals surface area contributed by atoms with Crippen LogP contribution in [0.3, 0.4) is 0 Å². The molecule has 27 heavy (non-hydrogen) atoms. The number of hydrogen-bond acceptors (Lipinski definition) is 5. The topological polar surface area (TPSA) is 67.9 Å². The minimum atomic E-state index is -2.93. The molecule has 4 rings (SSSR count). The number of allylic oxidation sites excluding steroid dienone is 1. The van der Waals surface area contributed by atoms with Crippen molar-refractivity contribution < 1.29 is 23.0 Å². The van der Waals surface area contributed by atoms with E-state index in [0.29, 0.717) is 5.56 Å². The third-order valence-corrected chi connectivity index (χ3v) is 4.09. The number of fused-ring (bicyclic) bond motifs is 1. The lowest BCUT2D eigenvalue weighted by atomic mass is 10.0. The molecule has 1 aliphatic heterocycles. The van der Waals surface area contributed by atoms with E-state index in [1.165, 1.54) is 18.2 Å². The van der Waals surface area contributed by atoms with Crippen LogP contribution in [-0.2, 0) is 0 Å². The summed E-state index contributed by atoms with van der Waals surface area (Å²) >= 11 is 0. The van der Waals surface area contributed by atoms with E-state index in [0.717, 1.165) is 22.5 Å². The van der Waals surface area contributed by atoms with Gasteiger partial charge in [-0.3, -0.25) is 4.99 Å². The molecule has 136 valence electrons. The molecule has 5 nitrogen and oxygen atoms in total. The quantitative estimate of drug-likeness (QED) is 0.679. The molecule has 0 saturated carbocycles. The number of alkyl halides is 2. The van der Waals surface area contributed by atoms with E-state index in [1.54, 1.807) is 12.1 Å². The third kappa shape index (κ3) is 3.31. The summed E-state index contributed by atoms with van der Waals surface area (Å²) in [5.41, 5.74) is 4.05. The van der Waals surface area contributed by atoms with Gasteiger partial charge in [0.2, 0.25) is 5.89 Å². The highest BCUT2D eigenvalue weighted by molar-refractivity contribution is 6.31. The van der Waals surface area contributed by atoms with Crippen molar-refractivity contribution in [1.29, 1.82) is 0 Å². The summed E-state index contributed by atoms with van der Waals surface area (Å²) in [5, 5.41) is 10.1. The zero-order chi connectivity index (χ0) is 19.0. The monoisotopic (exact) mass is 368 g/mol. The molecule has 1 N–H and O–H groups in total. The van der Waals surface area contributed by atoms with Gasteiger partial charge < -0.3 is 14.3 Å². The molecule has 0 bridgehead atoms. The first-order valence-electron chi connectivity index (χ1n) is 8.13. The molecule has 2 aromatic carbocycles. The number of benzene rings is 2. The number of hydrogen-bond donors (Lipinski definition) is 1. The lowest BCUT2D eigenvalue weighted by molar-refractivity contribution is -0.0498. The molecule has 0 aliphatic carbocycles. The molecule has 2 heterocycles. The van der Waals surface area contributed by atoms with Crippen molar-refractivity contribution in [2.75, 3.05) is 0 Å². The van der Waals surface area contributed by atoms with Gasteiger partial charge in [0.15, 0.2) is 0 Å². The lowest BCUT2D eigenvalue weighted by Gasteiger charge is -2.04. The summed E-state index contributed by atoms with van der Waals surface area (Å²) in [6, 6.07) is 13.6. The van der Waals surface area contributed by atoms with E-state index >= 15 is 0 Å². The fourth-order valence-corrected chi connectivity index (χ4v) is 2.90. The Bertz CT molecular complexity index is 1070. The van der Waals surface area contributed by atoms with Gasteiger partial charge in [-0.2, -0.15) is 8.78 Å². The van der Waals surface area contributed by atoms with Crippen LogP contribution in [0.1, 0.15) is 18.2 Å². The summed E-state index contributed by atoms with van der Waals surface area (Å²) in [7, 11) is 0. The highest BCUT2D eigenvalue weighted by atomic mass is 19.3. The van der Waals surface area contributed by atoms with Crippen LogP contribution in [-0.4, -0.2) is 22.4 Å². The predicted octanol–water partition coefficient (Wildman–Crippen LogP) is 5.30. The zero-order valence-corrected chi connectivity index (χ0v) is 14.2. The number of aromatic hydroxyl groups is 1. The number of aromatic nitrogens is 1. The number of halogens is 2. The van der Waals surface area contributed by atoms with Crippen LogP contribution in [0.5, 0.6) is 11.7 Å². The summed E-state index contributed by atoms with van der Waals surface area (Å²) in [5.74, 6) is -0.289. The average Bonchev–Trinajstić information content (AvgIpc) is 3.15. The second kappa shape index (κ2) is 6.68. The van der Waals surface area contributed by atoms with E-state index in [1.807, 2.05) is 31.2 Å². The van der Waals surface area contributed by atoms with E-state index in [2.05, 4.69) is 14.7 Å². The second-order valence-electron chi connectivity index (χ2n) is 5.89. The fourth-order valence-electron chi connectivity index (χ4n) is 2.90. The van der Waals surface area contributed by atoms with Gasteiger partial charge >= 0.3 is 12.6 Å². The Morgan fingerprint density at radius 2 is 1.96 bits per heavy atom. The van der Waals surface area contributed by atoms with Crippen molar-refractivity contribution in [2.45, 2.75) is 13.5 Å². The SMILES string of the molecule is CC1=Nc2ccccc2/C1=C\c1nc(-c2cccc(OC(F)F)c2)oc1O. The smallest absolute Gasteiger partial charge is 0.387 e. The highest BCUT2D eigenvalue weighted by Gasteiger charge is 2.20. The molecule has 0 saturated heterocycles. The largest absolute Gasteiger partial charge is 0.479 e. The van der Waals surface area contributed by atoms with Crippen molar-refractivity contribution in [2.24, 2.45) is 4.99 Å². The number of nitrogens with zero attached hydrogens (tertiary/aromatic N) is 2. The minimum absolute atomic E-state index is 0.0206. The van der Waals surface area contributed by atoms with Crippen LogP contribution >= 0.6 is 0 Å². The molecule has 0 unspecified atom stereocenters. The fraction of sp³-hybridized carbons (Fsp3) is 0.100. The Kier molecular flexibility index (Phi) is 4.19. The summed E-state index contributed by atoms with van der Waals surface area (Å²) < 4.78 is 34.5. The Hall–Kier alpha value is -3.48. The standard InChI is InChI=1S/C20H14F2N2O3/c1-11-15(14-7-2-3-8-16(14)23-11)10-17-19(25)27-18(24-17)12-5-4-6-13(9-12)26-20(21)22/h2-10,20,25H,1H3/b15-10-. The van der Waals surface area contributed by atoms with Crippen molar-refractivity contribution in [3.05, 3.63) is 59.8 Å². The van der Waals surface area contributed by atoms with Gasteiger partial charge in [0.05, 0.1) is 5.69 Å². The van der Waals surface area contributed by atoms with Crippen molar-refractivity contribution in [1.82, 2.24) is 4.98 Å². The maximum Gasteiger partial charge on any atom is 0.387 e. The summed E-state index contributed by atoms with van der Waals surface area (Å²) in [6.45, 7) is -1.06. The van der Waals surface area contributed by atoms with Gasteiger partial charge in [-0.05, 0) is 37.3 Å². The van der Waals surface area contributed by atoms with Gasteiger partial charge in [-0.1, -0.05) is 24.3 Å². The van der Waals surface area contributed by atoms with Crippen LogP contribution < -0.4 is 4.74 Å². The number of aliphatic imine (C=N–C) groups is 1. The Labute approximate surface area is 153 Å². The van der Waals surface area contributed by atoms with E-state index in [9.17, 15) is 13.9 Å². The van der Waals surface area contributed by atoms with Gasteiger partial charge in [0.25, 0.3) is 0 Å². The first-order chi connectivity index (χ1) is 13.0. The summed E-state index contributed by atoms with van der Waals surface area (Å²) in [4.78, 5) is 8.76. The molecular weight excluding hydrogens is 354 g/mol. The molecule has 0 fully saturated rings. The highest BCUT2D eigenvalue weighted by Crippen LogP contribution is 2.37. The molecule has 1 aliphatic rings. The Morgan fingerprint density at radius 1 is 1.15 bits per heavy atom. The third-order valence-electron chi connectivity index (χ3n) is 4.09. The summed E-state index contributed by atoms with van der Waals surface area (Å²) in [6.07, 6.45) is 1.69. The van der Waals surface area contributed by atoms with Crippen molar-refractivity contribution >= 4 is 23.0 Å². The predicted molar refractivity (Wildman–Crippen MR) is 97.3 cm³/mol. The zero-order valence-electron chi connectivity index (χ0n) is 14.2. The Balaban J connectivity index is 1.70. The second-order valence-corrected chi connectivity index (χ2v) is 5.89. The van der Waals surface area contributed by atoms with E-state index < -0.39 is 6.61 Å². The van der Waals surface area contributed by atoms with Crippen LogP contribution in [0.25, 0.3) is 23.1 Å². The number of oxazole rings is 1. The van der Waals surface area contributed by atoms with E-state index in [-0.39, 0.29) is 23.3 Å². The first-order valence-corrected chi connectivity index (χ1v) is 8.13. The van der Waals surface area contributed by atoms with Crippen LogP contribution in [0, 0.1) is 0 Å². The van der Waals surface area contributed by atoms with Gasteiger partial charge in [-0.25, -0.2) is 4.98 Å². The molecule has 0 amide bonds. The molecule has 0 atom stereocenters. The number of para-hydroxylation sites is 1. The molecule has 7 heteroatoms.